The highest BCUT2D eigenvalue weighted by Crippen LogP contribution is 2.32. The van der Waals surface area contributed by atoms with Gasteiger partial charge in [0.05, 0.1) is 16.7 Å². The van der Waals surface area contributed by atoms with Crippen LogP contribution in [-0.4, -0.2) is 48.1 Å². The van der Waals surface area contributed by atoms with E-state index in [2.05, 4.69) is 0 Å². The van der Waals surface area contributed by atoms with Crippen molar-refractivity contribution in [1.29, 1.82) is 0 Å². The van der Waals surface area contributed by atoms with Crippen LogP contribution < -0.4 is 0 Å². The molecule has 0 aromatic heterocycles. The van der Waals surface area contributed by atoms with E-state index in [0.29, 0.717) is 12.8 Å². The Balaban J connectivity index is 2.47. The van der Waals surface area contributed by atoms with Gasteiger partial charge in [0.1, 0.15) is 4.90 Å². The highest BCUT2D eigenvalue weighted by atomic mass is 35.5. The molecule has 0 radical (unpaired) electrons. The maximum atomic E-state index is 12.6. The lowest BCUT2D eigenvalue weighted by Crippen LogP contribution is -2.40. The van der Waals surface area contributed by atoms with Gasteiger partial charge in [-0.1, -0.05) is 23.2 Å². The monoisotopic (exact) mass is 353 g/mol. The number of carbonyl (C=O) groups is 1. The predicted molar refractivity (Wildman–Crippen MR) is 77.4 cm³/mol. The van der Waals surface area contributed by atoms with Gasteiger partial charge in [-0.25, -0.2) is 13.2 Å². The first-order chi connectivity index (χ1) is 9.73. The van der Waals surface area contributed by atoms with Crippen LogP contribution in [0.25, 0.3) is 0 Å². The summed E-state index contributed by atoms with van der Waals surface area (Å²) in [4.78, 5) is 10.8. The molecule has 0 saturated carbocycles. The number of nitrogens with zero attached hydrogens (tertiary/aromatic N) is 1. The van der Waals surface area contributed by atoms with Crippen molar-refractivity contribution < 1.29 is 23.4 Å². The van der Waals surface area contributed by atoms with E-state index in [4.69, 9.17) is 28.3 Å². The molecule has 1 fully saturated rings. The Morgan fingerprint density at radius 1 is 1.24 bits per heavy atom. The van der Waals surface area contributed by atoms with Crippen LogP contribution in [0.4, 0.5) is 0 Å². The number of sulfonamides is 1. The molecule has 116 valence electrons. The number of rotatable bonds is 3. The first kappa shape index (κ1) is 16.5. The van der Waals surface area contributed by atoms with E-state index < -0.39 is 22.1 Å². The minimum Gasteiger partial charge on any atom is -0.478 e. The number of carboxylic acid groups (broad SMARTS) is 1. The van der Waals surface area contributed by atoms with Gasteiger partial charge in [-0.15, -0.1) is 0 Å². The summed E-state index contributed by atoms with van der Waals surface area (Å²) in [5.41, 5.74) is -0.361. The Kier molecular flexibility index (Phi) is 4.79. The van der Waals surface area contributed by atoms with Crippen LogP contribution in [0.3, 0.4) is 0 Å². The lowest BCUT2D eigenvalue weighted by Gasteiger charge is -2.29. The van der Waals surface area contributed by atoms with Crippen LogP contribution in [0.15, 0.2) is 17.0 Å². The zero-order valence-corrected chi connectivity index (χ0v) is 13.1. The predicted octanol–water partition coefficient (Wildman–Crippen LogP) is 1.84. The number of aliphatic hydroxyl groups excluding tert-OH is 1. The normalized spacial score (nSPS) is 17.9. The summed E-state index contributed by atoms with van der Waals surface area (Å²) >= 11 is 11.7. The van der Waals surface area contributed by atoms with Gasteiger partial charge in [0.25, 0.3) is 0 Å². The number of piperidine rings is 1. The molecule has 0 amide bonds. The van der Waals surface area contributed by atoms with E-state index in [1.54, 1.807) is 0 Å². The average Bonchev–Trinajstić information content (AvgIpc) is 2.41. The van der Waals surface area contributed by atoms with Crippen molar-refractivity contribution in [1.82, 2.24) is 4.31 Å². The second-order valence-electron chi connectivity index (χ2n) is 4.71. The van der Waals surface area contributed by atoms with Crippen molar-refractivity contribution in [2.75, 3.05) is 13.1 Å². The highest BCUT2D eigenvalue weighted by Gasteiger charge is 2.32. The van der Waals surface area contributed by atoms with Crippen LogP contribution in [0, 0.1) is 0 Å². The summed E-state index contributed by atoms with van der Waals surface area (Å²) in [5, 5.41) is 18.1. The molecule has 0 aliphatic carbocycles. The number of hydrogen-bond donors (Lipinski definition) is 2. The first-order valence-electron chi connectivity index (χ1n) is 6.14. The third-order valence-corrected chi connectivity index (χ3v) is 5.94. The van der Waals surface area contributed by atoms with Crippen LogP contribution >= 0.6 is 23.2 Å². The van der Waals surface area contributed by atoms with Crippen molar-refractivity contribution in [3.63, 3.8) is 0 Å². The topological polar surface area (TPSA) is 94.9 Å². The van der Waals surface area contributed by atoms with Crippen LogP contribution in [0.1, 0.15) is 23.2 Å². The lowest BCUT2D eigenvalue weighted by atomic mass is 10.1. The van der Waals surface area contributed by atoms with Crippen molar-refractivity contribution >= 4 is 39.2 Å². The maximum absolute atomic E-state index is 12.6. The van der Waals surface area contributed by atoms with Gasteiger partial charge < -0.3 is 10.2 Å². The average molecular weight is 354 g/mol. The number of aromatic carboxylic acids is 1. The Labute approximate surface area is 131 Å². The lowest BCUT2D eigenvalue weighted by molar-refractivity contribution is 0.0697. The Morgan fingerprint density at radius 2 is 1.81 bits per heavy atom. The van der Waals surface area contributed by atoms with Crippen molar-refractivity contribution in [2.45, 2.75) is 23.8 Å². The summed E-state index contributed by atoms with van der Waals surface area (Å²) in [7, 11) is -3.95. The summed E-state index contributed by atoms with van der Waals surface area (Å²) in [6.45, 7) is 0.295. The fraction of sp³-hybridized carbons (Fsp3) is 0.417. The molecule has 1 saturated heterocycles. The molecule has 1 aliphatic heterocycles. The molecule has 1 aromatic rings. The largest absolute Gasteiger partial charge is 0.478 e. The molecule has 9 heteroatoms. The SMILES string of the molecule is O=C(O)c1cc(Cl)cc(S(=O)(=O)N2CCC(O)CC2)c1Cl. The molecule has 0 atom stereocenters. The molecular weight excluding hydrogens is 341 g/mol. The minimum absolute atomic E-state index is 0.0209. The molecule has 2 rings (SSSR count). The second kappa shape index (κ2) is 6.10. The molecule has 21 heavy (non-hydrogen) atoms. The third kappa shape index (κ3) is 3.32. The molecule has 2 N–H and O–H groups in total. The number of benzene rings is 1. The number of hydrogen-bond acceptors (Lipinski definition) is 4. The van der Waals surface area contributed by atoms with E-state index in [0.717, 1.165) is 12.1 Å². The minimum atomic E-state index is -3.95. The molecule has 0 spiro atoms. The van der Waals surface area contributed by atoms with E-state index in [1.165, 1.54) is 4.31 Å². The first-order valence-corrected chi connectivity index (χ1v) is 8.33. The van der Waals surface area contributed by atoms with Crippen LogP contribution in [0.5, 0.6) is 0 Å². The maximum Gasteiger partial charge on any atom is 0.337 e. The molecule has 0 unspecified atom stereocenters. The molecule has 1 heterocycles. The highest BCUT2D eigenvalue weighted by molar-refractivity contribution is 7.89. The van der Waals surface area contributed by atoms with Gasteiger partial charge in [0, 0.05) is 18.1 Å². The zero-order chi connectivity index (χ0) is 15.8. The summed E-state index contributed by atoms with van der Waals surface area (Å²) in [5.74, 6) is -1.35. The molecule has 0 bridgehead atoms. The zero-order valence-electron chi connectivity index (χ0n) is 10.8. The van der Waals surface area contributed by atoms with Gasteiger partial charge in [-0.3, -0.25) is 0 Å². The van der Waals surface area contributed by atoms with E-state index in [-0.39, 0.29) is 33.6 Å². The van der Waals surface area contributed by atoms with Crippen molar-refractivity contribution in [3.8, 4) is 0 Å². The van der Waals surface area contributed by atoms with Gasteiger partial charge in [0.2, 0.25) is 10.0 Å². The summed E-state index contributed by atoms with van der Waals surface area (Å²) in [6.07, 6.45) is 0.118. The molecule has 1 aliphatic rings. The Morgan fingerprint density at radius 3 is 2.33 bits per heavy atom. The van der Waals surface area contributed by atoms with Gasteiger partial charge in [-0.05, 0) is 25.0 Å². The Hall–Kier alpha value is -0.860. The summed E-state index contributed by atoms with van der Waals surface area (Å²) < 4.78 is 26.3. The van der Waals surface area contributed by atoms with Gasteiger partial charge in [-0.2, -0.15) is 4.31 Å². The van der Waals surface area contributed by atoms with Crippen LogP contribution in [-0.2, 0) is 10.0 Å². The van der Waals surface area contributed by atoms with E-state index in [1.807, 2.05) is 0 Å². The van der Waals surface area contributed by atoms with Crippen LogP contribution in [0.2, 0.25) is 10.0 Å². The molecular formula is C12H13Cl2NO5S. The number of carboxylic acids is 1. The smallest absolute Gasteiger partial charge is 0.337 e. The second-order valence-corrected chi connectivity index (χ2v) is 7.43. The number of aliphatic hydroxyl groups is 1. The van der Waals surface area contributed by atoms with E-state index in [9.17, 15) is 18.3 Å². The van der Waals surface area contributed by atoms with Crippen molar-refractivity contribution in [2.24, 2.45) is 0 Å². The third-order valence-electron chi connectivity index (χ3n) is 3.28. The number of halogens is 2. The standard InChI is InChI=1S/C12H13Cl2NO5S/c13-7-5-9(12(17)18)11(14)10(6-7)21(19,20)15-3-1-8(16)2-4-15/h5-6,8,16H,1-4H2,(H,17,18). The molecule has 1 aromatic carbocycles. The van der Waals surface area contributed by atoms with Gasteiger partial charge >= 0.3 is 5.97 Å². The fourth-order valence-electron chi connectivity index (χ4n) is 2.13. The van der Waals surface area contributed by atoms with Crippen molar-refractivity contribution in [3.05, 3.63) is 27.7 Å². The van der Waals surface area contributed by atoms with Gasteiger partial charge in [0.15, 0.2) is 0 Å². The summed E-state index contributed by atoms with van der Waals surface area (Å²) in [6, 6.07) is 2.24. The molecule has 6 nitrogen and oxygen atoms in total. The quantitative estimate of drug-likeness (QED) is 0.864. The Bertz CT molecular complexity index is 668. The fourth-order valence-corrected chi connectivity index (χ4v) is 4.48. The van der Waals surface area contributed by atoms with E-state index >= 15 is 0 Å².